The monoisotopic (exact) mass is 373 g/mol. The third-order valence-electron chi connectivity index (χ3n) is 6.57. The molecule has 5 unspecified atom stereocenters. The molecule has 0 radical (unpaired) electrons. The molecule has 9 heteroatoms. The zero-order valence-corrected chi connectivity index (χ0v) is 15.9. The van der Waals surface area contributed by atoms with Gasteiger partial charge in [-0.2, -0.15) is 0 Å². The highest BCUT2D eigenvalue weighted by molar-refractivity contribution is 5.08. The first-order valence-electron chi connectivity index (χ1n) is 9.36. The maximum Gasteiger partial charge on any atom is 0.294 e. The minimum Gasteiger partial charge on any atom is -0.330 e. The summed E-state index contributed by atoms with van der Waals surface area (Å²) in [5.41, 5.74) is 5.34. The molecule has 2 saturated carbocycles. The van der Waals surface area contributed by atoms with Crippen LogP contribution in [0.5, 0.6) is 0 Å². The van der Waals surface area contributed by atoms with Crippen molar-refractivity contribution in [3.8, 4) is 0 Å². The Bertz CT molecular complexity index is 547. The van der Waals surface area contributed by atoms with Crippen LogP contribution < -0.4 is 5.73 Å². The normalized spacial score (nSPS) is 37.6. The van der Waals surface area contributed by atoms with Crippen LogP contribution in [0.3, 0.4) is 0 Å². The first kappa shape index (κ1) is 20.7. The van der Waals surface area contributed by atoms with E-state index >= 15 is 0 Å². The molecule has 0 saturated heterocycles. The zero-order chi connectivity index (χ0) is 19.6. The second-order valence-electron chi connectivity index (χ2n) is 8.95. The molecule has 2 rings (SSSR count). The highest BCUT2D eigenvalue weighted by Gasteiger charge is 2.59. The molecule has 2 fully saturated rings. The van der Waals surface area contributed by atoms with Crippen molar-refractivity contribution >= 4 is 0 Å². The van der Waals surface area contributed by atoms with Crippen LogP contribution in [-0.2, 0) is 9.68 Å². The van der Waals surface area contributed by atoms with E-state index < -0.39 is 28.3 Å². The van der Waals surface area contributed by atoms with Crippen LogP contribution in [0.25, 0.3) is 0 Å². The van der Waals surface area contributed by atoms with Crippen molar-refractivity contribution < 1.29 is 19.8 Å². The maximum atomic E-state index is 11.1. The van der Waals surface area contributed by atoms with Gasteiger partial charge in [-0.05, 0) is 61.8 Å². The summed E-state index contributed by atoms with van der Waals surface area (Å²) in [5, 5.41) is 20.1. The van der Waals surface area contributed by atoms with Gasteiger partial charge >= 0.3 is 0 Å². The van der Waals surface area contributed by atoms with Gasteiger partial charge in [0, 0.05) is 5.41 Å². The van der Waals surface area contributed by atoms with E-state index in [1.54, 1.807) is 0 Å². The summed E-state index contributed by atoms with van der Waals surface area (Å²) in [4.78, 5) is 31.3. The molecule has 0 heterocycles. The molecule has 150 valence electrons. The van der Waals surface area contributed by atoms with Crippen molar-refractivity contribution in [3.63, 3.8) is 0 Å². The van der Waals surface area contributed by atoms with Gasteiger partial charge in [0.15, 0.2) is 0 Å². The summed E-state index contributed by atoms with van der Waals surface area (Å²) in [5.74, 6) is 0.375. The molecule has 0 spiro atoms. The number of hydrogen-bond acceptors (Lipinski definition) is 7. The van der Waals surface area contributed by atoms with Gasteiger partial charge in [0.05, 0.1) is 0 Å². The fourth-order valence-electron chi connectivity index (χ4n) is 6.31. The van der Waals surface area contributed by atoms with Gasteiger partial charge in [-0.15, -0.1) is 20.2 Å². The molecule has 0 aromatic rings. The largest absolute Gasteiger partial charge is 0.330 e. The smallest absolute Gasteiger partial charge is 0.294 e. The van der Waals surface area contributed by atoms with Crippen molar-refractivity contribution in [2.75, 3.05) is 13.2 Å². The number of nitrogens with zero attached hydrogens (tertiary/aromatic N) is 2. The average Bonchev–Trinajstić information content (AvgIpc) is 2.49. The molecular weight excluding hydrogens is 342 g/mol. The summed E-state index contributed by atoms with van der Waals surface area (Å²) < 4.78 is 0. The maximum absolute atomic E-state index is 11.1. The Balaban J connectivity index is 2.42. The average molecular weight is 373 g/mol. The van der Waals surface area contributed by atoms with Gasteiger partial charge in [-0.1, -0.05) is 27.2 Å². The fourth-order valence-corrected chi connectivity index (χ4v) is 6.31. The summed E-state index contributed by atoms with van der Waals surface area (Å²) >= 11 is 0. The lowest BCUT2D eigenvalue weighted by atomic mass is 9.44. The van der Waals surface area contributed by atoms with Crippen LogP contribution in [-0.4, -0.2) is 29.4 Å². The van der Waals surface area contributed by atoms with E-state index in [0.29, 0.717) is 18.9 Å². The molecule has 2 aliphatic rings. The Morgan fingerprint density at radius 1 is 1.19 bits per heavy atom. The topological polar surface area (TPSA) is 131 Å². The third kappa shape index (κ3) is 4.36. The zero-order valence-electron chi connectivity index (χ0n) is 15.9. The lowest BCUT2D eigenvalue weighted by Gasteiger charge is -2.61. The molecule has 0 aromatic carbocycles. The first-order chi connectivity index (χ1) is 12.1. The van der Waals surface area contributed by atoms with Crippen LogP contribution in [0, 0.1) is 42.4 Å². The highest BCUT2D eigenvalue weighted by atomic mass is 17.0. The Morgan fingerprint density at radius 3 is 2.42 bits per heavy atom. The van der Waals surface area contributed by atoms with Crippen molar-refractivity contribution in [1.29, 1.82) is 0 Å². The van der Waals surface area contributed by atoms with Crippen molar-refractivity contribution in [1.82, 2.24) is 0 Å². The summed E-state index contributed by atoms with van der Waals surface area (Å²) in [6.45, 7) is 6.63. The Kier molecular flexibility index (Phi) is 5.99. The molecule has 26 heavy (non-hydrogen) atoms. The highest BCUT2D eigenvalue weighted by Crippen LogP contribution is 2.65. The Hall–Kier alpha value is -1.64. The second-order valence-corrected chi connectivity index (χ2v) is 8.95. The van der Waals surface area contributed by atoms with E-state index in [4.69, 9.17) is 10.6 Å². The lowest BCUT2D eigenvalue weighted by Crippen LogP contribution is -2.56. The van der Waals surface area contributed by atoms with Gasteiger partial charge in [0.1, 0.15) is 12.7 Å². The predicted molar refractivity (Wildman–Crippen MR) is 94.0 cm³/mol. The van der Waals surface area contributed by atoms with Crippen LogP contribution in [0.1, 0.15) is 65.7 Å². The van der Waals surface area contributed by atoms with Gasteiger partial charge in [-0.3, -0.25) is 0 Å². The van der Waals surface area contributed by atoms with Crippen LogP contribution in [0.4, 0.5) is 0 Å². The molecule has 9 nitrogen and oxygen atoms in total. The molecule has 2 aliphatic carbocycles. The van der Waals surface area contributed by atoms with E-state index in [1.807, 2.05) is 0 Å². The predicted octanol–water partition coefficient (Wildman–Crippen LogP) is 3.12. The Morgan fingerprint density at radius 2 is 1.88 bits per heavy atom. The van der Waals surface area contributed by atoms with E-state index in [9.17, 15) is 20.2 Å². The molecular formula is C17H31N3O6. The molecule has 5 atom stereocenters. The van der Waals surface area contributed by atoms with Crippen LogP contribution in [0.2, 0.25) is 0 Å². The quantitative estimate of drug-likeness (QED) is 0.485. The first-order valence-corrected chi connectivity index (χ1v) is 9.36. The molecule has 0 amide bonds. The van der Waals surface area contributed by atoms with Gasteiger partial charge in [0.2, 0.25) is 0 Å². The van der Waals surface area contributed by atoms with Crippen molar-refractivity contribution in [2.45, 2.75) is 71.8 Å². The van der Waals surface area contributed by atoms with E-state index in [2.05, 4.69) is 25.6 Å². The standard InChI is InChI=1S/C17H31N3O6/c1-4-16-7-13(2)8-17(12-16,11-15(3,10-16)5-6-18)14(26-20(23)24)9-25-19(21)22/h13-14H,4-12,18H2,1-3H3. The molecule has 0 aromatic heterocycles. The lowest BCUT2D eigenvalue weighted by molar-refractivity contribution is -0.794. The Labute approximate surface area is 153 Å². The summed E-state index contributed by atoms with van der Waals surface area (Å²) in [7, 11) is 0. The van der Waals surface area contributed by atoms with Gasteiger partial charge in [0.25, 0.3) is 10.2 Å². The number of fused-ring (bicyclic) bond motifs is 2. The molecule has 2 bridgehead atoms. The SMILES string of the molecule is CCC12CC(C)CC(C(CO[N+](=O)[O-])O[N+](=O)[O-])(CC(C)(CCN)C1)C2. The van der Waals surface area contributed by atoms with E-state index in [1.165, 1.54) is 0 Å². The minimum atomic E-state index is -0.950. The summed E-state index contributed by atoms with van der Waals surface area (Å²) in [6, 6.07) is 0. The van der Waals surface area contributed by atoms with Gasteiger partial charge < -0.3 is 15.4 Å². The molecule has 2 N–H and O–H groups in total. The van der Waals surface area contributed by atoms with Crippen LogP contribution in [0.15, 0.2) is 0 Å². The third-order valence-corrected chi connectivity index (χ3v) is 6.57. The van der Waals surface area contributed by atoms with Crippen molar-refractivity contribution in [2.24, 2.45) is 27.9 Å². The van der Waals surface area contributed by atoms with Gasteiger partial charge in [-0.25, -0.2) is 0 Å². The number of nitrogens with two attached hydrogens (primary N) is 1. The minimum absolute atomic E-state index is 0.0595. The summed E-state index contributed by atoms with van der Waals surface area (Å²) in [6.07, 6.45) is 5.17. The number of hydrogen-bond donors (Lipinski definition) is 1. The number of rotatable bonds is 9. The second kappa shape index (κ2) is 7.54. The van der Waals surface area contributed by atoms with E-state index in [-0.39, 0.29) is 10.8 Å². The van der Waals surface area contributed by atoms with E-state index in [0.717, 1.165) is 38.5 Å². The molecule has 0 aliphatic heterocycles. The van der Waals surface area contributed by atoms with Crippen LogP contribution >= 0.6 is 0 Å². The fraction of sp³-hybridized carbons (Fsp3) is 1.00. The van der Waals surface area contributed by atoms with Crippen molar-refractivity contribution in [3.05, 3.63) is 20.2 Å².